The summed E-state index contributed by atoms with van der Waals surface area (Å²) in [6, 6.07) is 0. The molecule has 1 saturated heterocycles. The van der Waals surface area contributed by atoms with Gasteiger partial charge in [0.25, 0.3) is 0 Å². The lowest BCUT2D eigenvalue weighted by Crippen LogP contribution is -2.42. The van der Waals surface area contributed by atoms with E-state index < -0.39 is 0 Å². The highest BCUT2D eigenvalue weighted by Gasteiger charge is 2.31. The molecule has 1 heterocycles. The van der Waals surface area contributed by atoms with Gasteiger partial charge in [-0.1, -0.05) is 6.92 Å². The highest BCUT2D eigenvalue weighted by Crippen LogP contribution is 2.33. The maximum absolute atomic E-state index is 5.72. The largest absolute Gasteiger partial charge is 0.383 e. The normalized spacial score (nSPS) is 24.3. The van der Waals surface area contributed by atoms with E-state index in [-0.39, 0.29) is 0 Å². The van der Waals surface area contributed by atoms with Crippen LogP contribution in [0.2, 0.25) is 0 Å². The maximum atomic E-state index is 5.72. The zero-order valence-corrected chi connectivity index (χ0v) is 12.8. The summed E-state index contributed by atoms with van der Waals surface area (Å²) >= 11 is 2.05. The van der Waals surface area contributed by atoms with Crippen LogP contribution in [-0.4, -0.2) is 51.5 Å². The molecule has 108 valence electrons. The quantitative estimate of drug-likeness (QED) is 0.621. The van der Waals surface area contributed by atoms with Crippen molar-refractivity contribution in [3.63, 3.8) is 0 Å². The van der Waals surface area contributed by atoms with Gasteiger partial charge < -0.3 is 14.8 Å². The van der Waals surface area contributed by atoms with Crippen molar-refractivity contribution < 1.29 is 9.47 Å². The summed E-state index contributed by atoms with van der Waals surface area (Å²) < 4.78 is 10.8. The smallest absolute Gasteiger partial charge is 0.0587 e. The van der Waals surface area contributed by atoms with Gasteiger partial charge >= 0.3 is 0 Å². The number of methoxy groups -OCH3 is 1. The van der Waals surface area contributed by atoms with Crippen LogP contribution in [0.1, 0.15) is 32.6 Å². The Morgan fingerprint density at radius 3 is 3.00 bits per heavy atom. The van der Waals surface area contributed by atoms with Crippen molar-refractivity contribution in [1.82, 2.24) is 5.32 Å². The SMILES string of the molecule is CCSCCCC1(CNCCOC)CCCOC1. The Hall–Kier alpha value is 0.230. The average Bonchev–Trinajstić information content (AvgIpc) is 2.41. The zero-order chi connectivity index (χ0) is 13.1. The molecule has 0 spiro atoms. The Balaban J connectivity index is 2.27. The van der Waals surface area contributed by atoms with Crippen LogP contribution in [-0.2, 0) is 9.47 Å². The Labute approximate surface area is 116 Å². The highest BCUT2D eigenvalue weighted by atomic mass is 32.2. The summed E-state index contributed by atoms with van der Waals surface area (Å²) in [7, 11) is 1.75. The number of hydrogen-bond acceptors (Lipinski definition) is 4. The molecule has 1 atom stereocenters. The van der Waals surface area contributed by atoms with Gasteiger partial charge in [-0.2, -0.15) is 11.8 Å². The Bertz CT molecular complexity index is 182. The molecular formula is C14H29NO2S. The van der Waals surface area contributed by atoms with Crippen LogP contribution in [0, 0.1) is 5.41 Å². The van der Waals surface area contributed by atoms with Crippen molar-refractivity contribution in [3.8, 4) is 0 Å². The second-order valence-electron chi connectivity index (χ2n) is 5.13. The highest BCUT2D eigenvalue weighted by molar-refractivity contribution is 7.99. The van der Waals surface area contributed by atoms with Crippen molar-refractivity contribution in [1.29, 1.82) is 0 Å². The molecule has 0 aromatic carbocycles. The van der Waals surface area contributed by atoms with Gasteiger partial charge in [-0.3, -0.25) is 0 Å². The van der Waals surface area contributed by atoms with Crippen LogP contribution in [0.5, 0.6) is 0 Å². The zero-order valence-electron chi connectivity index (χ0n) is 12.0. The molecule has 1 fully saturated rings. The summed E-state index contributed by atoms with van der Waals surface area (Å²) in [4.78, 5) is 0. The molecule has 0 bridgehead atoms. The maximum Gasteiger partial charge on any atom is 0.0587 e. The molecule has 0 saturated carbocycles. The van der Waals surface area contributed by atoms with Gasteiger partial charge in [0.1, 0.15) is 0 Å². The molecule has 0 amide bonds. The minimum absolute atomic E-state index is 0.375. The number of thioether (sulfide) groups is 1. The van der Waals surface area contributed by atoms with E-state index in [1.54, 1.807) is 7.11 Å². The number of nitrogens with one attached hydrogen (secondary N) is 1. The van der Waals surface area contributed by atoms with Crippen molar-refractivity contribution in [3.05, 3.63) is 0 Å². The molecule has 0 radical (unpaired) electrons. The molecule has 1 unspecified atom stereocenters. The van der Waals surface area contributed by atoms with Crippen molar-refractivity contribution in [2.75, 3.05) is 51.5 Å². The molecule has 0 aromatic heterocycles. The predicted molar refractivity (Wildman–Crippen MR) is 79.5 cm³/mol. The van der Waals surface area contributed by atoms with Crippen LogP contribution in [0.4, 0.5) is 0 Å². The van der Waals surface area contributed by atoms with Crippen LogP contribution >= 0.6 is 11.8 Å². The van der Waals surface area contributed by atoms with E-state index >= 15 is 0 Å². The van der Waals surface area contributed by atoms with Crippen LogP contribution in [0.3, 0.4) is 0 Å². The van der Waals surface area contributed by atoms with Crippen LogP contribution in [0.25, 0.3) is 0 Å². The van der Waals surface area contributed by atoms with Gasteiger partial charge in [-0.25, -0.2) is 0 Å². The third-order valence-corrected chi connectivity index (χ3v) is 4.57. The monoisotopic (exact) mass is 275 g/mol. The van der Waals surface area contributed by atoms with E-state index in [4.69, 9.17) is 9.47 Å². The van der Waals surface area contributed by atoms with Crippen LogP contribution in [0.15, 0.2) is 0 Å². The Kier molecular flexibility index (Phi) is 9.11. The molecular weight excluding hydrogens is 246 g/mol. The van der Waals surface area contributed by atoms with Gasteiger partial charge in [0.05, 0.1) is 13.2 Å². The van der Waals surface area contributed by atoms with Gasteiger partial charge in [0.15, 0.2) is 0 Å². The van der Waals surface area contributed by atoms with Gasteiger partial charge in [-0.05, 0) is 37.2 Å². The second-order valence-corrected chi connectivity index (χ2v) is 6.52. The van der Waals surface area contributed by atoms with E-state index in [1.807, 2.05) is 11.8 Å². The molecule has 1 aliphatic rings. The van der Waals surface area contributed by atoms with Crippen molar-refractivity contribution >= 4 is 11.8 Å². The summed E-state index contributed by atoms with van der Waals surface area (Å²) in [5.74, 6) is 2.52. The number of ether oxygens (including phenoxy) is 2. The summed E-state index contributed by atoms with van der Waals surface area (Å²) in [5, 5.41) is 3.53. The van der Waals surface area contributed by atoms with E-state index in [0.717, 1.165) is 32.9 Å². The fourth-order valence-electron chi connectivity index (χ4n) is 2.56. The molecule has 0 aromatic rings. The lowest BCUT2D eigenvalue weighted by Gasteiger charge is -2.37. The van der Waals surface area contributed by atoms with E-state index in [2.05, 4.69) is 12.2 Å². The summed E-state index contributed by atoms with van der Waals surface area (Å²) in [6.45, 7) is 6.93. The number of rotatable bonds is 10. The van der Waals surface area contributed by atoms with Gasteiger partial charge in [0, 0.05) is 32.2 Å². The lowest BCUT2D eigenvalue weighted by atomic mass is 9.78. The van der Waals surface area contributed by atoms with Crippen LogP contribution < -0.4 is 5.32 Å². The fraction of sp³-hybridized carbons (Fsp3) is 1.00. The predicted octanol–water partition coefficient (Wildman–Crippen LogP) is 2.55. The van der Waals surface area contributed by atoms with Crippen molar-refractivity contribution in [2.24, 2.45) is 5.41 Å². The molecule has 0 aliphatic carbocycles. The first-order valence-electron chi connectivity index (χ1n) is 7.18. The minimum atomic E-state index is 0.375. The second kappa shape index (κ2) is 10.1. The summed E-state index contributed by atoms with van der Waals surface area (Å²) in [5.41, 5.74) is 0.375. The first-order valence-corrected chi connectivity index (χ1v) is 8.33. The fourth-order valence-corrected chi connectivity index (χ4v) is 3.19. The molecule has 3 nitrogen and oxygen atoms in total. The van der Waals surface area contributed by atoms with Gasteiger partial charge in [0.2, 0.25) is 0 Å². The lowest BCUT2D eigenvalue weighted by molar-refractivity contribution is -0.0127. The van der Waals surface area contributed by atoms with Crippen molar-refractivity contribution in [2.45, 2.75) is 32.6 Å². The molecule has 4 heteroatoms. The van der Waals surface area contributed by atoms with E-state index in [9.17, 15) is 0 Å². The standard InChI is InChI=1S/C14H29NO2S/c1-3-18-11-5-7-14(6-4-9-17-13-14)12-15-8-10-16-2/h15H,3-13H2,1-2H3. The van der Waals surface area contributed by atoms with E-state index in [0.29, 0.717) is 5.41 Å². The molecule has 1 N–H and O–H groups in total. The Morgan fingerprint density at radius 1 is 1.44 bits per heavy atom. The van der Waals surface area contributed by atoms with E-state index in [1.165, 1.54) is 37.2 Å². The van der Waals surface area contributed by atoms with Gasteiger partial charge in [-0.15, -0.1) is 0 Å². The first kappa shape index (κ1) is 16.3. The topological polar surface area (TPSA) is 30.5 Å². The first-order chi connectivity index (χ1) is 8.83. The molecule has 1 rings (SSSR count). The molecule has 1 aliphatic heterocycles. The average molecular weight is 275 g/mol. The number of hydrogen-bond donors (Lipinski definition) is 1. The third kappa shape index (κ3) is 6.41. The Morgan fingerprint density at radius 2 is 2.33 bits per heavy atom. The third-order valence-electron chi connectivity index (χ3n) is 3.59. The molecule has 18 heavy (non-hydrogen) atoms. The summed E-state index contributed by atoms with van der Waals surface area (Å²) in [6.07, 6.45) is 5.13. The minimum Gasteiger partial charge on any atom is -0.383 e.